The van der Waals surface area contributed by atoms with Crippen molar-refractivity contribution in [2.45, 2.75) is 90.0 Å². The number of benzene rings is 2. The Morgan fingerprint density at radius 2 is 1.88 bits per heavy atom. The molecule has 3 aliphatic rings. The Kier molecular flexibility index (Phi) is 8.01. The number of pyridine rings is 1. The average Bonchev–Trinajstić information content (AvgIpc) is 3.55. The van der Waals surface area contributed by atoms with Crippen LogP contribution in [0.25, 0.3) is 22.3 Å². The topological polar surface area (TPSA) is 95.4 Å². The Morgan fingerprint density at radius 3 is 2.58 bits per heavy atom. The molecule has 0 bridgehead atoms. The predicted octanol–water partition coefficient (Wildman–Crippen LogP) is 6.82. The molecule has 0 spiro atoms. The third kappa shape index (κ3) is 5.32. The summed E-state index contributed by atoms with van der Waals surface area (Å²) in [6, 6.07) is 11.2. The number of fused-ring (bicyclic) bond motifs is 2. The molecule has 1 aliphatic carbocycles. The summed E-state index contributed by atoms with van der Waals surface area (Å²) in [5, 5.41) is 5.81. The number of aromatic nitrogens is 3. The minimum absolute atomic E-state index is 0.0479. The number of hydrogen-bond donors (Lipinski definition) is 2. The summed E-state index contributed by atoms with van der Waals surface area (Å²) in [5.41, 5.74) is 4.98. The molecule has 0 unspecified atom stereocenters. The minimum Gasteiger partial charge on any atom is -0.355 e. The zero-order valence-electron chi connectivity index (χ0n) is 28.4. The van der Waals surface area contributed by atoms with Crippen molar-refractivity contribution in [1.29, 1.82) is 0 Å². The highest BCUT2D eigenvalue weighted by Gasteiger charge is 2.50. The fourth-order valence-corrected chi connectivity index (χ4v) is 7.62. The van der Waals surface area contributed by atoms with Crippen LogP contribution in [0.2, 0.25) is 0 Å². The molecule has 4 aromatic rings. The largest absolute Gasteiger partial charge is 0.355 e. The van der Waals surface area contributed by atoms with Crippen molar-refractivity contribution in [1.82, 2.24) is 24.8 Å². The molecule has 11 heteroatoms. The third-order valence-electron chi connectivity index (χ3n) is 10.5. The number of amides is 2. The van der Waals surface area contributed by atoms with Gasteiger partial charge in [-0.3, -0.25) is 14.5 Å². The summed E-state index contributed by atoms with van der Waals surface area (Å²) in [7, 11) is 1.54. The van der Waals surface area contributed by atoms with E-state index in [2.05, 4.69) is 20.5 Å². The SMILES string of the molecule is CNC(=O)c1cc(Nc2nc(-c3ccc4c(c3)N([C@H]3C[C@@H](N5CCC[C@@H](F)C5)C3)C(=O)C4(C)C)cc3ncn(C(C)C)c23)c(F)cc1C. The van der Waals surface area contributed by atoms with E-state index in [9.17, 15) is 14.0 Å². The van der Waals surface area contributed by atoms with E-state index in [-0.39, 0.29) is 35.6 Å². The number of piperidine rings is 1. The van der Waals surface area contributed by atoms with Crippen molar-refractivity contribution < 1.29 is 18.4 Å². The lowest BCUT2D eigenvalue weighted by atomic mass is 9.82. The van der Waals surface area contributed by atoms with Gasteiger partial charge in [-0.05, 0) is 102 Å². The number of carbonyl (C=O) groups excluding carboxylic acids is 2. The lowest BCUT2D eigenvalue weighted by molar-refractivity contribution is -0.123. The number of imidazole rings is 1. The number of hydrogen-bond acceptors (Lipinski definition) is 6. The van der Waals surface area contributed by atoms with Gasteiger partial charge in [0.15, 0.2) is 5.82 Å². The molecule has 2 aliphatic heterocycles. The van der Waals surface area contributed by atoms with Gasteiger partial charge in [0, 0.05) is 48.5 Å². The van der Waals surface area contributed by atoms with Gasteiger partial charge in [0.25, 0.3) is 5.91 Å². The number of halogens is 2. The maximum absolute atomic E-state index is 15.4. The van der Waals surface area contributed by atoms with Gasteiger partial charge < -0.3 is 20.1 Å². The Bertz CT molecular complexity index is 1930. The van der Waals surface area contributed by atoms with E-state index in [4.69, 9.17) is 4.98 Å². The summed E-state index contributed by atoms with van der Waals surface area (Å²) in [6.07, 6.45) is 4.13. The number of carbonyl (C=O) groups is 2. The normalized spacial score (nSPS) is 22.2. The van der Waals surface area contributed by atoms with Crippen LogP contribution in [-0.2, 0) is 10.2 Å². The first-order chi connectivity index (χ1) is 22.9. The van der Waals surface area contributed by atoms with Crippen LogP contribution in [0.3, 0.4) is 0 Å². The first-order valence-corrected chi connectivity index (χ1v) is 16.9. The van der Waals surface area contributed by atoms with E-state index in [1.54, 1.807) is 20.3 Å². The van der Waals surface area contributed by atoms with Gasteiger partial charge in [-0.2, -0.15) is 0 Å². The molecule has 7 rings (SSSR count). The third-order valence-corrected chi connectivity index (χ3v) is 10.5. The van der Waals surface area contributed by atoms with Crippen LogP contribution in [0.15, 0.2) is 42.7 Å². The van der Waals surface area contributed by atoms with Crippen LogP contribution in [0.5, 0.6) is 0 Å². The van der Waals surface area contributed by atoms with Gasteiger partial charge in [-0.15, -0.1) is 0 Å². The molecule has 252 valence electrons. The summed E-state index contributed by atoms with van der Waals surface area (Å²) in [6.45, 7) is 11.1. The van der Waals surface area contributed by atoms with Crippen LogP contribution in [-0.4, -0.2) is 69.6 Å². The molecule has 4 heterocycles. The molecule has 2 N–H and O–H groups in total. The first kappa shape index (κ1) is 32.2. The van der Waals surface area contributed by atoms with Gasteiger partial charge in [0.2, 0.25) is 5.91 Å². The fourth-order valence-electron chi connectivity index (χ4n) is 7.62. The molecule has 9 nitrogen and oxygen atoms in total. The van der Waals surface area contributed by atoms with Crippen molar-refractivity contribution in [2.75, 3.05) is 30.4 Å². The van der Waals surface area contributed by atoms with Crippen LogP contribution >= 0.6 is 0 Å². The second-order valence-electron chi connectivity index (χ2n) is 14.4. The van der Waals surface area contributed by atoms with Crippen LogP contribution in [0.4, 0.5) is 26.0 Å². The summed E-state index contributed by atoms with van der Waals surface area (Å²) in [4.78, 5) is 40.4. The van der Waals surface area contributed by atoms with E-state index in [1.165, 1.54) is 12.1 Å². The summed E-state index contributed by atoms with van der Waals surface area (Å²) >= 11 is 0. The summed E-state index contributed by atoms with van der Waals surface area (Å²) in [5.74, 6) is -0.337. The average molecular weight is 656 g/mol. The number of nitrogens with zero attached hydrogens (tertiary/aromatic N) is 5. The maximum Gasteiger partial charge on any atom is 0.251 e. The quantitative estimate of drug-likeness (QED) is 0.227. The van der Waals surface area contributed by atoms with Crippen LogP contribution in [0, 0.1) is 12.7 Å². The Hall–Kier alpha value is -4.38. The van der Waals surface area contributed by atoms with Crippen LogP contribution in [0.1, 0.15) is 80.9 Å². The summed E-state index contributed by atoms with van der Waals surface area (Å²) < 4.78 is 31.5. The Labute approximate surface area is 279 Å². The maximum atomic E-state index is 15.4. The highest BCUT2D eigenvalue weighted by Crippen LogP contribution is 2.48. The first-order valence-electron chi connectivity index (χ1n) is 16.9. The molecule has 2 fully saturated rings. The van der Waals surface area contributed by atoms with Gasteiger partial charge >= 0.3 is 0 Å². The molecule has 2 aromatic heterocycles. The van der Waals surface area contributed by atoms with E-state index in [0.717, 1.165) is 42.6 Å². The highest BCUT2D eigenvalue weighted by atomic mass is 19.1. The smallest absolute Gasteiger partial charge is 0.251 e. The minimum atomic E-state index is -0.773. The monoisotopic (exact) mass is 655 g/mol. The Morgan fingerprint density at radius 1 is 1.10 bits per heavy atom. The number of anilines is 3. The molecular formula is C37H43F2N7O2. The van der Waals surface area contributed by atoms with Crippen molar-refractivity contribution in [3.05, 3.63) is 65.2 Å². The van der Waals surface area contributed by atoms with E-state index >= 15 is 4.39 Å². The van der Waals surface area contributed by atoms with Gasteiger partial charge in [0.1, 0.15) is 17.5 Å². The number of alkyl halides is 1. The number of aryl methyl sites for hydroxylation is 1. The highest BCUT2D eigenvalue weighted by molar-refractivity contribution is 6.09. The lowest BCUT2D eigenvalue weighted by Crippen LogP contribution is -2.58. The van der Waals surface area contributed by atoms with Crippen molar-refractivity contribution in [3.8, 4) is 11.3 Å². The standard InChI is InChI=1S/C37H43F2N7O2/c1-20(2)45-19-41-31-17-29(42-34(33(31)45)43-30-16-26(35(47)40-6)21(3)12-28(30)39)22-9-10-27-32(13-22)46(36(48)37(27,4)5)25-14-24(15-25)44-11-7-8-23(38)18-44/h9-10,12-13,16-17,19-20,23-25H,7-8,11,14-15,18H2,1-6H3,(H,40,47)(H,42,43)/t23-,24-,25+/m1/s1. The van der Waals surface area contributed by atoms with Gasteiger partial charge in [-0.25, -0.2) is 18.7 Å². The number of nitrogens with one attached hydrogen (secondary N) is 2. The molecule has 1 atom stereocenters. The molecule has 1 saturated heterocycles. The second kappa shape index (κ2) is 11.9. The molecule has 1 saturated carbocycles. The number of rotatable bonds is 7. The van der Waals surface area contributed by atoms with Gasteiger partial charge in [0.05, 0.1) is 28.6 Å². The molecule has 2 aromatic carbocycles. The van der Waals surface area contributed by atoms with E-state index in [0.29, 0.717) is 46.6 Å². The van der Waals surface area contributed by atoms with Gasteiger partial charge in [-0.1, -0.05) is 12.1 Å². The Balaban J connectivity index is 1.27. The lowest BCUT2D eigenvalue weighted by Gasteiger charge is -2.48. The van der Waals surface area contributed by atoms with Crippen molar-refractivity contribution >= 4 is 40.0 Å². The molecule has 2 amide bonds. The fraction of sp³-hybridized carbons (Fsp3) is 0.459. The zero-order chi connectivity index (χ0) is 34.1. The second-order valence-corrected chi connectivity index (χ2v) is 14.4. The van der Waals surface area contributed by atoms with Crippen LogP contribution < -0.4 is 15.5 Å². The number of likely N-dealkylation sites (tertiary alicyclic amines) is 1. The molecular weight excluding hydrogens is 612 g/mol. The van der Waals surface area contributed by atoms with E-state index < -0.39 is 17.4 Å². The van der Waals surface area contributed by atoms with E-state index in [1.807, 2.05) is 61.4 Å². The predicted molar refractivity (Wildman–Crippen MR) is 184 cm³/mol. The zero-order valence-corrected chi connectivity index (χ0v) is 28.4. The molecule has 48 heavy (non-hydrogen) atoms. The van der Waals surface area contributed by atoms with Crippen molar-refractivity contribution in [3.63, 3.8) is 0 Å². The molecule has 0 radical (unpaired) electrons. The van der Waals surface area contributed by atoms with Crippen molar-refractivity contribution in [2.24, 2.45) is 0 Å².